The van der Waals surface area contributed by atoms with Gasteiger partial charge in [-0.25, -0.2) is 9.97 Å². The van der Waals surface area contributed by atoms with E-state index in [1.54, 1.807) is 7.11 Å². The monoisotopic (exact) mass is 317 g/mol. The van der Waals surface area contributed by atoms with Crippen LogP contribution in [0, 0.1) is 24.0 Å². The second-order valence-electron chi connectivity index (χ2n) is 4.97. The lowest BCUT2D eigenvalue weighted by Crippen LogP contribution is -2.12. The largest absolute Gasteiger partial charge is 0.383 e. The predicted molar refractivity (Wildman–Crippen MR) is 88.3 cm³/mol. The fourth-order valence-corrected chi connectivity index (χ4v) is 2.06. The van der Waals surface area contributed by atoms with Gasteiger partial charge in [-0.2, -0.15) is 0 Å². The summed E-state index contributed by atoms with van der Waals surface area (Å²) in [6.45, 7) is 4.76. The summed E-state index contributed by atoms with van der Waals surface area (Å²) in [6, 6.07) is 5.72. The van der Waals surface area contributed by atoms with E-state index in [0.717, 1.165) is 16.8 Å². The van der Waals surface area contributed by atoms with Gasteiger partial charge in [0.15, 0.2) is 0 Å². The Labute approximate surface area is 134 Å². The zero-order valence-corrected chi connectivity index (χ0v) is 13.3. The van der Waals surface area contributed by atoms with Gasteiger partial charge in [0.2, 0.25) is 11.6 Å². The van der Waals surface area contributed by atoms with Crippen LogP contribution in [0.1, 0.15) is 11.1 Å². The number of aromatic nitrogens is 2. The minimum absolute atomic E-state index is 0.151. The minimum Gasteiger partial charge on any atom is -0.383 e. The van der Waals surface area contributed by atoms with E-state index >= 15 is 0 Å². The van der Waals surface area contributed by atoms with E-state index in [0.29, 0.717) is 13.2 Å². The average Bonchev–Trinajstić information content (AvgIpc) is 2.52. The number of nitrogens with zero attached hydrogens (tertiary/aromatic N) is 3. The van der Waals surface area contributed by atoms with Crippen molar-refractivity contribution in [2.24, 2.45) is 0 Å². The highest BCUT2D eigenvalue weighted by Gasteiger charge is 2.23. The van der Waals surface area contributed by atoms with Gasteiger partial charge in [0, 0.05) is 19.3 Å². The van der Waals surface area contributed by atoms with Crippen molar-refractivity contribution in [2.45, 2.75) is 13.8 Å². The van der Waals surface area contributed by atoms with E-state index in [1.807, 2.05) is 32.0 Å². The molecule has 0 aliphatic rings. The maximum absolute atomic E-state index is 11.4. The summed E-state index contributed by atoms with van der Waals surface area (Å²) in [4.78, 5) is 18.9. The molecule has 2 rings (SSSR count). The van der Waals surface area contributed by atoms with Crippen molar-refractivity contribution >= 4 is 23.0 Å². The summed E-state index contributed by atoms with van der Waals surface area (Å²) in [7, 11) is 1.56. The molecule has 2 N–H and O–H groups in total. The SMILES string of the molecule is COCCNc1ncnc(Nc2cccc(C)c2C)c1[N+](=O)[O-]. The number of nitrogens with one attached hydrogen (secondary N) is 2. The second-order valence-corrected chi connectivity index (χ2v) is 4.97. The van der Waals surface area contributed by atoms with Crippen LogP contribution in [-0.2, 0) is 4.74 Å². The van der Waals surface area contributed by atoms with Crippen LogP contribution in [-0.4, -0.2) is 35.2 Å². The zero-order valence-electron chi connectivity index (χ0n) is 13.3. The fourth-order valence-electron chi connectivity index (χ4n) is 2.06. The standard InChI is InChI=1S/C15H19N5O3/c1-10-5-4-6-12(11(10)2)19-15-13(20(21)22)14(17-9-18-15)16-7-8-23-3/h4-6,9H,7-8H2,1-3H3,(H2,16,17,18,19). The van der Waals surface area contributed by atoms with Crippen molar-refractivity contribution in [3.05, 3.63) is 45.8 Å². The van der Waals surface area contributed by atoms with Crippen molar-refractivity contribution in [2.75, 3.05) is 30.9 Å². The Morgan fingerprint density at radius 2 is 2.00 bits per heavy atom. The maximum Gasteiger partial charge on any atom is 0.353 e. The number of aryl methyl sites for hydroxylation is 1. The van der Waals surface area contributed by atoms with Crippen molar-refractivity contribution in [3.63, 3.8) is 0 Å². The van der Waals surface area contributed by atoms with Crippen molar-refractivity contribution in [1.82, 2.24) is 9.97 Å². The Kier molecular flexibility index (Phi) is 5.42. The number of methoxy groups -OCH3 is 1. The molecule has 2 aromatic rings. The number of hydrogen-bond acceptors (Lipinski definition) is 7. The van der Waals surface area contributed by atoms with Gasteiger partial charge in [0.25, 0.3) is 0 Å². The number of ether oxygens (including phenoxy) is 1. The molecule has 1 heterocycles. The lowest BCUT2D eigenvalue weighted by Gasteiger charge is -2.12. The Bertz CT molecular complexity index is 706. The highest BCUT2D eigenvalue weighted by atomic mass is 16.6. The van der Waals surface area contributed by atoms with Gasteiger partial charge in [-0.05, 0) is 31.0 Å². The summed E-state index contributed by atoms with van der Waals surface area (Å²) >= 11 is 0. The molecule has 8 heteroatoms. The van der Waals surface area contributed by atoms with E-state index in [2.05, 4.69) is 20.6 Å². The first-order valence-electron chi connectivity index (χ1n) is 7.10. The Hall–Kier alpha value is -2.74. The fraction of sp³-hybridized carbons (Fsp3) is 0.333. The van der Waals surface area contributed by atoms with Crippen LogP contribution in [0.15, 0.2) is 24.5 Å². The van der Waals surface area contributed by atoms with Crippen LogP contribution in [0.2, 0.25) is 0 Å². The van der Waals surface area contributed by atoms with Crippen LogP contribution in [0.4, 0.5) is 23.0 Å². The normalized spacial score (nSPS) is 10.4. The summed E-state index contributed by atoms with van der Waals surface area (Å²) in [5.74, 6) is 0.313. The van der Waals surface area contributed by atoms with Gasteiger partial charge < -0.3 is 15.4 Å². The molecule has 0 aliphatic heterocycles. The third-order valence-electron chi connectivity index (χ3n) is 3.46. The molecule has 0 aliphatic carbocycles. The average molecular weight is 317 g/mol. The maximum atomic E-state index is 11.4. The Morgan fingerprint density at radius 1 is 1.26 bits per heavy atom. The van der Waals surface area contributed by atoms with Crippen LogP contribution in [0.5, 0.6) is 0 Å². The molecule has 0 radical (unpaired) electrons. The van der Waals surface area contributed by atoms with Crippen molar-refractivity contribution in [1.29, 1.82) is 0 Å². The number of hydrogen-bond donors (Lipinski definition) is 2. The molecular weight excluding hydrogens is 298 g/mol. The van der Waals surface area contributed by atoms with Crippen molar-refractivity contribution in [3.8, 4) is 0 Å². The molecule has 23 heavy (non-hydrogen) atoms. The first-order valence-corrected chi connectivity index (χ1v) is 7.10. The van der Waals surface area contributed by atoms with Gasteiger partial charge in [-0.15, -0.1) is 0 Å². The minimum atomic E-state index is -0.497. The van der Waals surface area contributed by atoms with E-state index < -0.39 is 4.92 Å². The number of benzene rings is 1. The molecule has 0 unspecified atom stereocenters. The summed E-state index contributed by atoms with van der Waals surface area (Å²) in [6.07, 6.45) is 1.29. The molecule has 0 fully saturated rings. The number of nitro groups is 1. The zero-order chi connectivity index (χ0) is 16.8. The van der Waals surface area contributed by atoms with Crippen LogP contribution >= 0.6 is 0 Å². The number of rotatable bonds is 7. The van der Waals surface area contributed by atoms with Gasteiger partial charge in [-0.3, -0.25) is 10.1 Å². The molecule has 0 saturated carbocycles. The molecule has 0 amide bonds. The molecule has 1 aromatic carbocycles. The van der Waals surface area contributed by atoms with Gasteiger partial charge in [0.1, 0.15) is 6.33 Å². The molecule has 122 valence electrons. The number of anilines is 3. The quantitative estimate of drug-likeness (QED) is 0.460. The third-order valence-corrected chi connectivity index (χ3v) is 3.46. The molecule has 0 bridgehead atoms. The van der Waals surface area contributed by atoms with E-state index in [-0.39, 0.29) is 17.3 Å². The summed E-state index contributed by atoms with van der Waals surface area (Å²) in [5, 5.41) is 17.4. The van der Waals surface area contributed by atoms with Crippen molar-refractivity contribution < 1.29 is 9.66 Å². The first kappa shape index (κ1) is 16.6. The predicted octanol–water partition coefficient (Wildman–Crippen LogP) is 2.80. The van der Waals surface area contributed by atoms with Gasteiger partial charge >= 0.3 is 5.69 Å². The topological polar surface area (TPSA) is 102 Å². The summed E-state index contributed by atoms with van der Waals surface area (Å²) in [5.41, 5.74) is 2.68. The smallest absolute Gasteiger partial charge is 0.353 e. The van der Waals surface area contributed by atoms with E-state index in [9.17, 15) is 10.1 Å². The highest BCUT2D eigenvalue weighted by Crippen LogP contribution is 2.32. The van der Waals surface area contributed by atoms with E-state index in [1.165, 1.54) is 6.33 Å². The molecule has 0 spiro atoms. The van der Waals surface area contributed by atoms with Crippen LogP contribution in [0.3, 0.4) is 0 Å². The Balaban J connectivity index is 2.36. The second kappa shape index (κ2) is 7.50. The van der Waals surface area contributed by atoms with Crippen LogP contribution in [0.25, 0.3) is 0 Å². The lowest BCUT2D eigenvalue weighted by molar-refractivity contribution is -0.383. The van der Waals surface area contributed by atoms with E-state index in [4.69, 9.17) is 4.74 Å². The molecular formula is C15H19N5O3. The molecule has 1 aromatic heterocycles. The molecule has 0 atom stereocenters. The molecule has 0 saturated heterocycles. The summed E-state index contributed by atoms with van der Waals surface area (Å²) < 4.78 is 4.93. The van der Waals surface area contributed by atoms with Gasteiger partial charge in [0.05, 0.1) is 11.5 Å². The Morgan fingerprint density at radius 3 is 2.70 bits per heavy atom. The van der Waals surface area contributed by atoms with Gasteiger partial charge in [-0.1, -0.05) is 12.1 Å². The lowest BCUT2D eigenvalue weighted by atomic mass is 10.1. The van der Waals surface area contributed by atoms with Crippen LogP contribution < -0.4 is 10.6 Å². The third kappa shape index (κ3) is 3.92. The highest BCUT2D eigenvalue weighted by molar-refractivity contribution is 5.75. The first-order chi connectivity index (χ1) is 11.0. The molecule has 8 nitrogen and oxygen atoms in total.